The van der Waals surface area contributed by atoms with Gasteiger partial charge in [-0.3, -0.25) is 4.79 Å². The van der Waals surface area contributed by atoms with Crippen molar-refractivity contribution >= 4 is 5.78 Å². The van der Waals surface area contributed by atoms with Crippen molar-refractivity contribution in [2.24, 2.45) is 0 Å². The lowest BCUT2D eigenvalue weighted by Crippen LogP contribution is -2.24. The molecule has 15 heavy (non-hydrogen) atoms. The lowest BCUT2D eigenvalue weighted by atomic mass is 9.88. The molecule has 0 heterocycles. The van der Waals surface area contributed by atoms with Gasteiger partial charge in [0.2, 0.25) is 0 Å². The van der Waals surface area contributed by atoms with Crippen LogP contribution in [0, 0.1) is 0 Å². The lowest BCUT2D eigenvalue weighted by molar-refractivity contribution is 0.0849. The van der Waals surface area contributed by atoms with E-state index >= 15 is 0 Å². The molecular formula is C11H12O4. The zero-order chi connectivity index (χ0) is 11.0. The number of hydrogen-bond acceptors (Lipinski definition) is 4. The average molecular weight is 208 g/mol. The third-order valence-electron chi connectivity index (χ3n) is 2.56. The predicted octanol–water partition coefficient (Wildman–Crippen LogP) is 0.891. The maximum Gasteiger partial charge on any atom is 0.169 e. The van der Waals surface area contributed by atoms with Gasteiger partial charge in [0.1, 0.15) is 11.5 Å². The molecule has 1 aromatic rings. The van der Waals surface area contributed by atoms with Crippen LogP contribution < -0.4 is 4.74 Å². The predicted molar refractivity (Wildman–Crippen MR) is 53.3 cm³/mol. The molecule has 1 aliphatic rings. The first-order valence-electron chi connectivity index (χ1n) is 4.73. The highest BCUT2D eigenvalue weighted by Gasteiger charge is 2.26. The number of fused-ring (bicyclic) bond motifs is 1. The number of Topliss-reactive ketones (excluding diaryl/α,β-unsaturated/α-hetero) is 1. The molecule has 2 rings (SSSR count). The number of ether oxygens (including phenoxy) is 1. The summed E-state index contributed by atoms with van der Waals surface area (Å²) in [6.45, 7) is 0. The monoisotopic (exact) mass is 208 g/mol. The number of phenols is 1. The molecule has 1 unspecified atom stereocenters. The zero-order valence-electron chi connectivity index (χ0n) is 8.36. The van der Waals surface area contributed by atoms with Gasteiger partial charge >= 0.3 is 0 Å². The van der Waals surface area contributed by atoms with E-state index in [4.69, 9.17) is 4.74 Å². The molecule has 0 saturated heterocycles. The second-order valence-electron chi connectivity index (χ2n) is 3.67. The van der Waals surface area contributed by atoms with Gasteiger partial charge in [0.25, 0.3) is 0 Å². The molecule has 0 saturated carbocycles. The van der Waals surface area contributed by atoms with E-state index in [1.54, 1.807) is 6.07 Å². The molecular weight excluding hydrogens is 196 g/mol. The standard InChI is InChI=1S/C11H12O4/c1-15-8-3-6-2-7(12)4-9(13)11(6)10(14)5-8/h3,5,7,12,14H,2,4H2,1H3. The smallest absolute Gasteiger partial charge is 0.169 e. The normalized spacial score (nSPS) is 19.9. The first kappa shape index (κ1) is 9.98. The van der Waals surface area contributed by atoms with Crippen molar-refractivity contribution in [1.29, 1.82) is 0 Å². The maximum atomic E-state index is 11.6. The summed E-state index contributed by atoms with van der Waals surface area (Å²) in [5.74, 6) is 0.207. The van der Waals surface area contributed by atoms with Crippen molar-refractivity contribution in [1.82, 2.24) is 0 Å². The van der Waals surface area contributed by atoms with Gasteiger partial charge in [0.15, 0.2) is 5.78 Å². The number of rotatable bonds is 1. The molecule has 0 spiro atoms. The number of aromatic hydroxyl groups is 1. The fraction of sp³-hybridized carbons (Fsp3) is 0.364. The van der Waals surface area contributed by atoms with E-state index in [0.29, 0.717) is 23.3 Å². The fourth-order valence-corrected chi connectivity index (χ4v) is 1.90. The number of aliphatic hydroxyl groups is 1. The highest BCUT2D eigenvalue weighted by atomic mass is 16.5. The lowest BCUT2D eigenvalue weighted by Gasteiger charge is -2.20. The Morgan fingerprint density at radius 3 is 2.80 bits per heavy atom. The Labute approximate surface area is 87.1 Å². The summed E-state index contributed by atoms with van der Waals surface area (Å²) in [5, 5.41) is 19.1. The van der Waals surface area contributed by atoms with E-state index in [2.05, 4.69) is 0 Å². The van der Waals surface area contributed by atoms with Gasteiger partial charge < -0.3 is 14.9 Å². The summed E-state index contributed by atoms with van der Waals surface area (Å²) in [5.41, 5.74) is 0.969. The number of hydrogen-bond donors (Lipinski definition) is 2. The average Bonchev–Trinajstić information content (AvgIpc) is 2.15. The highest BCUT2D eigenvalue weighted by molar-refractivity contribution is 6.01. The molecule has 0 amide bonds. The topological polar surface area (TPSA) is 66.8 Å². The summed E-state index contributed by atoms with van der Waals surface area (Å²) < 4.78 is 4.98. The minimum Gasteiger partial charge on any atom is -0.507 e. The Bertz CT molecular complexity index is 411. The molecule has 1 aromatic carbocycles. The van der Waals surface area contributed by atoms with Crippen LogP contribution in [0.2, 0.25) is 0 Å². The Morgan fingerprint density at radius 1 is 1.40 bits per heavy atom. The van der Waals surface area contributed by atoms with E-state index in [1.165, 1.54) is 13.2 Å². The maximum absolute atomic E-state index is 11.6. The van der Waals surface area contributed by atoms with Crippen molar-refractivity contribution < 1.29 is 19.7 Å². The quantitative estimate of drug-likeness (QED) is 0.719. The molecule has 4 heteroatoms. The molecule has 80 valence electrons. The second kappa shape index (κ2) is 3.55. The van der Waals surface area contributed by atoms with Gasteiger partial charge in [-0.2, -0.15) is 0 Å². The summed E-state index contributed by atoms with van der Waals surface area (Å²) in [4.78, 5) is 11.6. The van der Waals surface area contributed by atoms with Gasteiger partial charge in [-0.05, 0) is 18.1 Å². The zero-order valence-corrected chi connectivity index (χ0v) is 8.36. The Hall–Kier alpha value is -1.55. The molecule has 0 aliphatic heterocycles. The number of ketones is 1. The van der Waals surface area contributed by atoms with Crippen LogP contribution in [0.1, 0.15) is 22.3 Å². The second-order valence-corrected chi connectivity index (χ2v) is 3.67. The van der Waals surface area contributed by atoms with Crippen LogP contribution in [0.5, 0.6) is 11.5 Å². The third kappa shape index (κ3) is 1.68. The van der Waals surface area contributed by atoms with Crippen LogP contribution in [-0.2, 0) is 6.42 Å². The molecule has 1 atom stereocenters. The van der Waals surface area contributed by atoms with E-state index in [1.807, 2.05) is 0 Å². The largest absolute Gasteiger partial charge is 0.507 e. The van der Waals surface area contributed by atoms with Crippen LogP contribution in [0.3, 0.4) is 0 Å². The molecule has 0 fully saturated rings. The molecule has 2 N–H and O–H groups in total. The molecule has 4 nitrogen and oxygen atoms in total. The van der Waals surface area contributed by atoms with E-state index < -0.39 is 6.10 Å². The van der Waals surface area contributed by atoms with Crippen molar-refractivity contribution in [2.75, 3.05) is 7.11 Å². The number of carbonyl (C=O) groups is 1. The van der Waals surface area contributed by atoms with Crippen LogP contribution in [0.4, 0.5) is 0 Å². The summed E-state index contributed by atoms with van der Waals surface area (Å²) in [7, 11) is 1.49. The van der Waals surface area contributed by atoms with Crippen LogP contribution in [0.15, 0.2) is 12.1 Å². The van der Waals surface area contributed by atoms with Crippen molar-refractivity contribution in [3.05, 3.63) is 23.3 Å². The van der Waals surface area contributed by atoms with E-state index in [9.17, 15) is 15.0 Å². The van der Waals surface area contributed by atoms with Gasteiger partial charge in [-0.1, -0.05) is 0 Å². The Balaban J connectivity index is 2.54. The van der Waals surface area contributed by atoms with Gasteiger partial charge in [-0.15, -0.1) is 0 Å². The number of phenolic OH excluding ortho intramolecular Hbond substituents is 1. The number of methoxy groups -OCH3 is 1. The molecule has 0 aromatic heterocycles. The molecule has 0 radical (unpaired) electrons. The van der Waals surface area contributed by atoms with E-state index in [-0.39, 0.29) is 18.0 Å². The van der Waals surface area contributed by atoms with Crippen LogP contribution in [-0.4, -0.2) is 29.2 Å². The first-order valence-corrected chi connectivity index (χ1v) is 4.73. The minimum absolute atomic E-state index is 0.0683. The van der Waals surface area contributed by atoms with Crippen molar-refractivity contribution in [3.8, 4) is 11.5 Å². The van der Waals surface area contributed by atoms with Crippen LogP contribution >= 0.6 is 0 Å². The van der Waals surface area contributed by atoms with Gasteiger partial charge in [0.05, 0.1) is 18.8 Å². The van der Waals surface area contributed by atoms with Gasteiger partial charge in [-0.25, -0.2) is 0 Å². The number of benzene rings is 1. The SMILES string of the molecule is COc1cc(O)c2c(c1)CC(O)CC2=O. The Kier molecular flexibility index (Phi) is 2.36. The minimum atomic E-state index is -0.656. The van der Waals surface area contributed by atoms with Gasteiger partial charge in [0, 0.05) is 12.5 Å². The Morgan fingerprint density at radius 2 is 2.13 bits per heavy atom. The number of carbonyl (C=O) groups excluding carboxylic acids is 1. The third-order valence-corrected chi connectivity index (χ3v) is 2.56. The molecule has 1 aliphatic carbocycles. The highest BCUT2D eigenvalue weighted by Crippen LogP contribution is 2.33. The fourth-order valence-electron chi connectivity index (χ4n) is 1.90. The summed E-state index contributed by atoms with van der Waals surface area (Å²) in [6, 6.07) is 3.09. The van der Waals surface area contributed by atoms with Crippen molar-refractivity contribution in [2.45, 2.75) is 18.9 Å². The summed E-state index contributed by atoms with van der Waals surface area (Å²) in [6.07, 6.45) is -0.199. The molecule has 0 bridgehead atoms. The number of aliphatic hydroxyl groups excluding tert-OH is 1. The van der Waals surface area contributed by atoms with Crippen molar-refractivity contribution in [3.63, 3.8) is 0 Å². The van der Waals surface area contributed by atoms with E-state index in [0.717, 1.165) is 0 Å². The summed E-state index contributed by atoms with van der Waals surface area (Å²) >= 11 is 0. The van der Waals surface area contributed by atoms with Crippen LogP contribution in [0.25, 0.3) is 0 Å². The first-order chi connectivity index (χ1) is 7.11.